The summed E-state index contributed by atoms with van der Waals surface area (Å²) in [6, 6.07) is 8.16. The summed E-state index contributed by atoms with van der Waals surface area (Å²) in [7, 11) is 0. The number of hydrogen-bond acceptors (Lipinski definition) is 6. The first kappa shape index (κ1) is 17.8. The second-order valence-corrected chi connectivity index (χ2v) is 6.61. The summed E-state index contributed by atoms with van der Waals surface area (Å²) < 4.78 is 5.15. The molecule has 1 aromatic carbocycles. The number of benzene rings is 1. The van der Waals surface area contributed by atoms with E-state index in [2.05, 4.69) is 20.3 Å². The third kappa shape index (κ3) is 4.56. The average Bonchev–Trinajstić information content (AvgIpc) is 3.06. The van der Waals surface area contributed by atoms with Gasteiger partial charge in [-0.2, -0.15) is 0 Å². The summed E-state index contributed by atoms with van der Waals surface area (Å²) in [5, 5.41) is 2.85. The molecule has 0 fully saturated rings. The third-order valence-electron chi connectivity index (χ3n) is 4.19. The van der Waals surface area contributed by atoms with Crippen LogP contribution >= 0.6 is 0 Å². The largest absolute Gasteiger partial charge is 0.463 e. The molecular formula is C19H23N5O2. The van der Waals surface area contributed by atoms with Crippen LogP contribution in [-0.4, -0.2) is 34.5 Å². The van der Waals surface area contributed by atoms with Gasteiger partial charge in [-0.25, -0.2) is 9.98 Å². The van der Waals surface area contributed by atoms with Gasteiger partial charge in [0, 0.05) is 11.9 Å². The Bertz CT molecular complexity index is 802. The minimum atomic E-state index is -0.263. The van der Waals surface area contributed by atoms with E-state index < -0.39 is 0 Å². The van der Waals surface area contributed by atoms with Gasteiger partial charge < -0.3 is 15.8 Å². The molecule has 0 saturated heterocycles. The zero-order chi connectivity index (χ0) is 18.5. The molecule has 136 valence electrons. The van der Waals surface area contributed by atoms with Crippen molar-refractivity contribution in [1.29, 1.82) is 0 Å². The minimum Gasteiger partial charge on any atom is -0.463 e. The van der Waals surface area contributed by atoms with Crippen molar-refractivity contribution < 1.29 is 9.53 Å². The Kier molecular flexibility index (Phi) is 5.46. The molecule has 0 bridgehead atoms. The van der Waals surface area contributed by atoms with Crippen LogP contribution in [0.1, 0.15) is 47.9 Å². The van der Waals surface area contributed by atoms with Crippen LogP contribution < -0.4 is 11.1 Å². The second kappa shape index (κ2) is 7.95. The van der Waals surface area contributed by atoms with E-state index in [9.17, 15) is 4.79 Å². The van der Waals surface area contributed by atoms with E-state index >= 15 is 0 Å². The maximum absolute atomic E-state index is 12.4. The number of carbonyl (C=O) groups excluding carboxylic acids is 1. The number of amides is 1. The van der Waals surface area contributed by atoms with Crippen LogP contribution in [0.2, 0.25) is 0 Å². The number of aryl methyl sites for hydroxylation is 1. The van der Waals surface area contributed by atoms with Gasteiger partial charge in [-0.05, 0) is 36.5 Å². The predicted octanol–water partition coefficient (Wildman–Crippen LogP) is 2.50. The molecule has 3 N–H and O–H groups in total. The molecule has 0 radical (unpaired) electrons. The number of amidine groups is 1. The average molecular weight is 353 g/mol. The Morgan fingerprint density at radius 1 is 1.31 bits per heavy atom. The van der Waals surface area contributed by atoms with Gasteiger partial charge >= 0.3 is 0 Å². The molecule has 1 aliphatic rings. The van der Waals surface area contributed by atoms with E-state index in [1.807, 2.05) is 38.1 Å². The number of aliphatic imine (C=N–C) groups is 1. The molecule has 1 amide bonds. The van der Waals surface area contributed by atoms with Crippen molar-refractivity contribution in [3.05, 3.63) is 53.6 Å². The molecule has 7 nitrogen and oxygen atoms in total. The van der Waals surface area contributed by atoms with E-state index in [0.717, 1.165) is 24.2 Å². The van der Waals surface area contributed by atoms with Crippen LogP contribution in [0, 0.1) is 0 Å². The third-order valence-corrected chi connectivity index (χ3v) is 4.19. The normalized spacial score (nSPS) is 16.3. The van der Waals surface area contributed by atoms with E-state index in [4.69, 9.17) is 10.5 Å². The second-order valence-electron chi connectivity index (χ2n) is 6.61. The Balaban J connectivity index is 1.57. The van der Waals surface area contributed by atoms with Crippen LogP contribution in [0.4, 0.5) is 5.69 Å². The van der Waals surface area contributed by atoms with E-state index in [-0.39, 0.29) is 23.9 Å². The van der Waals surface area contributed by atoms with Gasteiger partial charge in [0.25, 0.3) is 11.9 Å². The maximum atomic E-state index is 12.4. The first-order valence-electron chi connectivity index (χ1n) is 8.69. The summed E-state index contributed by atoms with van der Waals surface area (Å²) in [4.78, 5) is 25.0. The van der Waals surface area contributed by atoms with E-state index in [1.165, 1.54) is 11.8 Å². The Hall–Kier alpha value is -2.96. The SMILES string of the molecule is CC(C)c1cncc(C(=O)Nc2ccc(CC[C@H]3COC(N)=N3)cc2)n1. The number of nitrogens with two attached hydrogens (primary N) is 1. The molecule has 1 atom stereocenters. The van der Waals surface area contributed by atoms with Crippen molar-refractivity contribution in [2.45, 2.75) is 38.6 Å². The van der Waals surface area contributed by atoms with Crippen molar-refractivity contribution in [3.63, 3.8) is 0 Å². The summed E-state index contributed by atoms with van der Waals surface area (Å²) in [5.41, 5.74) is 8.52. The van der Waals surface area contributed by atoms with Crippen LogP contribution in [-0.2, 0) is 11.2 Å². The topological polar surface area (TPSA) is 102 Å². The lowest BCUT2D eigenvalue weighted by Crippen LogP contribution is -2.15. The molecule has 2 aromatic rings. The highest BCUT2D eigenvalue weighted by atomic mass is 16.5. The monoisotopic (exact) mass is 353 g/mol. The van der Waals surface area contributed by atoms with Gasteiger partial charge in [0.05, 0.1) is 17.9 Å². The highest BCUT2D eigenvalue weighted by Gasteiger charge is 2.16. The molecule has 0 aliphatic carbocycles. The van der Waals surface area contributed by atoms with Crippen LogP contribution in [0.5, 0.6) is 0 Å². The van der Waals surface area contributed by atoms with Gasteiger partial charge in [-0.3, -0.25) is 9.78 Å². The number of carbonyl (C=O) groups is 1. The summed E-state index contributed by atoms with van der Waals surface area (Å²) in [5.74, 6) is -0.0415. The Morgan fingerprint density at radius 2 is 2.08 bits per heavy atom. The molecule has 0 unspecified atom stereocenters. The highest BCUT2D eigenvalue weighted by molar-refractivity contribution is 6.02. The zero-order valence-corrected chi connectivity index (χ0v) is 15.0. The first-order valence-corrected chi connectivity index (χ1v) is 8.69. The molecule has 26 heavy (non-hydrogen) atoms. The van der Waals surface area contributed by atoms with Gasteiger partial charge in [-0.1, -0.05) is 26.0 Å². The molecule has 0 saturated carbocycles. The number of anilines is 1. The standard InChI is InChI=1S/C19H23N5O2/c1-12(2)16-9-21-10-17(24-16)18(25)22-14-6-3-13(4-7-14)5-8-15-11-26-19(20)23-15/h3-4,6-7,9-10,12,15H,5,8,11H2,1-2H3,(H2,20,23)(H,22,25)/t15-/m0/s1. The van der Waals surface area contributed by atoms with Gasteiger partial charge in [-0.15, -0.1) is 0 Å². The van der Waals surface area contributed by atoms with E-state index in [0.29, 0.717) is 12.3 Å². The maximum Gasteiger partial charge on any atom is 0.282 e. The molecule has 7 heteroatoms. The molecular weight excluding hydrogens is 330 g/mol. The first-order chi connectivity index (χ1) is 12.5. The molecule has 1 aromatic heterocycles. The predicted molar refractivity (Wildman–Crippen MR) is 100 cm³/mol. The van der Waals surface area contributed by atoms with Crippen molar-refractivity contribution in [2.75, 3.05) is 11.9 Å². The molecule has 2 heterocycles. The summed E-state index contributed by atoms with van der Waals surface area (Å²) in [6.07, 6.45) is 4.92. The molecule has 1 aliphatic heterocycles. The molecule has 0 spiro atoms. The smallest absolute Gasteiger partial charge is 0.282 e. The summed E-state index contributed by atoms with van der Waals surface area (Å²) in [6.45, 7) is 4.58. The van der Waals surface area contributed by atoms with Gasteiger partial charge in [0.15, 0.2) is 0 Å². The van der Waals surface area contributed by atoms with Crippen molar-refractivity contribution >= 4 is 17.6 Å². The lowest BCUT2D eigenvalue weighted by atomic mass is 10.1. The van der Waals surface area contributed by atoms with Crippen molar-refractivity contribution in [3.8, 4) is 0 Å². The lowest BCUT2D eigenvalue weighted by molar-refractivity contribution is 0.102. The summed E-state index contributed by atoms with van der Waals surface area (Å²) >= 11 is 0. The fraction of sp³-hybridized carbons (Fsp3) is 0.368. The Morgan fingerprint density at radius 3 is 2.73 bits per heavy atom. The van der Waals surface area contributed by atoms with Crippen molar-refractivity contribution in [2.24, 2.45) is 10.7 Å². The quantitative estimate of drug-likeness (QED) is 0.830. The van der Waals surface area contributed by atoms with Crippen LogP contribution in [0.3, 0.4) is 0 Å². The van der Waals surface area contributed by atoms with Crippen LogP contribution in [0.15, 0.2) is 41.7 Å². The minimum absolute atomic E-state index is 0.126. The van der Waals surface area contributed by atoms with Crippen molar-refractivity contribution in [1.82, 2.24) is 9.97 Å². The number of rotatable bonds is 6. The number of ether oxygens (including phenoxy) is 1. The zero-order valence-electron chi connectivity index (χ0n) is 15.0. The number of aromatic nitrogens is 2. The fourth-order valence-electron chi connectivity index (χ4n) is 2.64. The highest BCUT2D eigenvalue weighted by Crippen LogP contribution is 2.16. The lowest BCUT2D eigenvalue weighted by Gasteiger charge is -2.09. The van der Waals surface area contributed by atoms with Gasteiger partial charge in [0.1, 0.15) is 12.3 Å². The van der Waals surface area contributed by atoms with Crippen LogP contribution in [0.25, 0.3) is 0 Å². The Labute approximate surface area is 152 Å². The van der Waals surface area contributed by atoms with Gasteiger partial charge in [0.2, 0.25) is 0 Å². The molecule has 3 rings (SSSR count). The number of nitrogens with zero attached hydrogens (tertiary/aromatic N) is 3. The number of nitrogens with one attached hydrogen (secondary N) is 1. The fourth-order valence-corrected chi connectivity index (χ4v) is 2.64. The number of hydrogen-bond donors (Lipinski definition) is 2. The van der Waals surface area contributed by atoms with E-state index in [1.54, 1.807) is 6.20 Å².